The van der Waals surface area contributed by atoms with Gasteiger partial charge in [0.05, 0.1) is 6.17 Å². The van der Waals surface area contributed by atoms with E-state index in [2.05, 4.69) is 87.5 Å². The molecule has 2 unspecified atom stereocenters. The molecule has 0 saturated carbocycles. The summed E-state index contributed by atoms with van der Waals surface area (Å²) in [5, 5.41) is 0. The molecule has 1 aromatic rings. The molecule has 0 radical (unpaired) electrons. The summed E-state index contributed by atoms with van der Waals surface area (Å²) in [4.78, 5) is 5.13. The summed E-state index contributed by atoms with van der Waals surface area (Å²) < 4.78 is 0. The molecule has 23 heavy (non-hydrogen) atoms. The molecular formula is C21H30N2. The van der Waals surface area contributed by atoms with Crippen LogP contribution >= 0.6 is 0 Å². The number of nitrogens with zero attached hydrogens (tertiary/aromatic N) is 2. The van der Waals surface area contributed by atoms with E-state index in [0.29, 0.717) is 6.17 Å². The number of anilines is 1. The van der Waals surface area contributed by atoms with Crippen LogP contribution in [0.3, 0.4) is 0 Å². The topological polar surface area (TPSA) is 6.48 Å². The fourth-order valence-electron chi connectivity index (χ4n) is 4.65. The first kappa shape index (κ1) is 16.3. The highest BCUT2D eigenvalue weighted by Gasteiger charge is 2.61. The van der Waals surface area contributed by atoms with Gasteiger partial charge in [-0.05, 0) is 44.4 Å². The number of allylic oxidation sites excluding steroid dienone is 2. The first-order valence-electron chi connectivity index (χ1n) is 8.68. The molecule has 2 atom stereocenters. The van der Waals surface area contributed by atoms with E-state index >= 15 is 0 Å². The minimum atomic E-state index is 0.0538. The first-order valence-corrected chi connectivity index (χ1v) is 8.68. The van der Waals surface area contributed by atoms with Crippen LogP contribution in [0.25, 0.3) is 0 Å². The van der Waals surface area contributed by atoms with Crippen LogP contribution in [0.5, 0.6) is 0 Å². The number of benzene rings is 1. The van der Waals surface area contributed by atoms with Crippen molar-refractivity contribution in [3.63, 3.8) is 0 Å². The maximum Gasteiger partial charge on any atom is 0.0929 e. The van der Waals surface area contributed by atoms with Gasteiger partial charge in [-0.25, -0.2) is 0 Å². The van der Waals surface area contributed by atoms with Crippen molar-refractivity contribution in [2.45, 2.75) is 45.7 Å². The molecule has 124 valence electrons. The molecule has 3 rings (SSSR count). The van der Waals surface area contributed by atoms with Crippen molar-refractivity contribution in [1.82, 2.24) is 4.90 Å². The minimum Gasteiger partial charge on any atom is -0.351 e. The van der Waals surface area contributed by atoms with Crippen LogP contribution in [-0.4, -0.2) is 31.2 Å². The predicted molar refractivity (Wildman–Crippen MR) is 99.9 cm³/mol. The Morgan fingerprint density at radius 2 is 2.04 bits per heavy atom. The minimum absolute atomic E-state index is 0.0538. The highest BCUT2D eigenvalue weighted by Crippen LogP contribution is 2.60. The molecule has 2 heteroatoms. The lowest BCUT2D eigenvalue weighted by Crippen LogP contribution is -2.54. The molecule has 0 N–H and O–H groups in total. The van der Waals surface area contributed by atoms with Crippen LogP contribution in [0.1, 0.15) is 39.7 Å². The number of fused-ring (bicyclic) bond motifs is 3. The second-order valence-corrected chi connectivity index (χ2v) is 7.95. The van der Waals surface area contributed by atoms with Crippen LogP contribution in [0.15, 0.2) is 48.6 Å². The Hall–Kier alpha value is -1.54. The van der Waals surface area contributed by atoms with E-state index in [1.165, 1.54) is 23.2 Å². The zero-order chi connectivity index (χ0) is 16.8. The number of likely N-dealkylation sites (tertiary alicyclic amines) is 1. The quantitative estimate of drug-likeness (QED) is 0.751. The van der Waals surface area contributed by atoms with Gasteiger partial charge in [-0.1, -0.05) is 49.8 Å². The Morgan fingerprint density at radius 1 is 1.35 bits per heavy atom. The molecule has 0 aliphatic carbocycles. The molecule has 2 aliphatic rings. The number of likely N-dealkylation sites (N-methyl/N-ethyl adjacent to an activating group) is 1. The molecule has 0 bridgehead atoms. The molecule has 1 saturated heterocycles. The van der Waals surface area contributed by atoms with Gasteiger partial charge < -0.3 is 4.90 Å². The lowest BCUT2D eigenvalue weighted by Gasteiger charge is -2.45. The fourth-order valence-corrected chi connectivity index (χ4v) is 4.65. The second-order valence-electron chi connectivity index (χ2n) is 7.95. The molecule has 2 aliphatic heterocycles. The van der Waals surface area contributed by atoms with Gasteiger partial charge in [-0.3, -0.25) is 4.90 Å². The van der Waals surface area contributed by atoms with Gasteiger partial charge in [-0.2, -0.15) is 0 Å². The van der Waals surface area contributed by atoms with E-state index in [9.17, 15) is 0 Å². The molecule has 0 amide bonds. The Balaban J connectivity index is 2.19. The molecule has 1 fully saturated rings. The number of para-hydroxylation sites is 1. The predicted octanol–water partition coefficient (Wildman–Crippen LogP) is 4.58. The molecule has 0 aromatic heterocycles. The van der Waals surface area contributed by atoms with Gasteiger partial charge in [0.25, 0.3) is 0 Å². The maximum atomic E-state index is 4.18. The van der Waals surface area contributed by atoms with Gasteiger partial charge in [0.1, 0.15) is 0 Å². The van der Waals surface area contributed by atoms with Gasteiger partial charge >= 0.3 is 0 Å². The number of hydrogen-bond donors (Lipinski definition) is 0. The van der Waals surface area contributed by atoms with Crippen LogP contribution < -0.4 is 4.90 Å². The Bertz CT molecular complexity index is 639. The van der Waals surface area contributed by atoms with Gasteiger partial charge in [-0.15, -0.1) is 6.58 Å². The van der Waals surface area contributed by atoms with Gasteiger partial charge in [0.15, 0.2) is 0 Å². The zero-order valence-corrected chi connectivity index (χ0v) is 15.3. The summed E-state index contributed by atoms with van der Waals surface area (Å²) in [6, 6.07) is 9.00. The van der Waals surface area contributed by atoms with Crippen molar-refractivity contribution in [1.29, 1.82) is 0 Å². The van der Waals surface area contributed by atoms with Crippen LogP contribution in [0.4, 0.5) is 5.69 Å². The van der Waals surface area contributed by atoms with Crippen molar-refractivity contribution in [2.24, 2.45) is 5.41 Å². The van der Waals surface area contributed by atoms with Crippen molar-refractivity contribution in [3.8, 4) is 0 Å². The maximum absolute atomic E-state index is 4.18. The molecule has 2 heterocycles. The Kier molecular flexibility index (Phi) is 3.92. The largest absolute Gasteiger partial charge is 0.351 e. The van der Waals surface area contributed by atoms with E-state index in [1.54, 1.807) is 0 Å². The summed E-state index contributed by atoms with van der Waals surface area (Å²) in [5.41, 5.74) is 4.45. The monoisotopic (exact) mass is 310 g/mol. The standard InChI is InChI=1S/C21H30N2/c1-7-20(4,5)21-13-15-22(6)19(21)23(14-12-16(2)3)18-11-9-8-10-17(18)21/h7-12,19H,1,13-15H2,2-6H3. The normalized spacial score (nSPS) is 26.8. The van der Waals surface area contributed by atoms with Gasteiger partial charge in [0, 0.05) is 24.2 Å². The van der Waals surface area contributed by atoms with Crippen LogP contribution in [0, 0.1) is 5.41 Å². The summed E-state index contributed by atoms with van der Waals surface area (Å²) >= 11 is 0. The molecule has 0 spiro atoms. The van der Waals surface area contributed by atoms with E-state index in [1.807, 2.05) is 0 Å². The van der Waals surface area contributed by atoms with E-state index < -0.39 is 0 Å². The molecular weight excluding hydrogens is 280 g/mol. The summed E-state index contributed by atoms with van der Waals surface area (Å²) in [7, 11) is 2.27. The lowest BCUT2D eigenvalue weighted by atomic mass is 9.60. The number of hydrogen-bond acceptors (Lipinski definition) is 2. The van der Waals surface area contributed by atoms with Crippen LogP contribution in [-0.2, 0) is 5.41 Å². The molecule has 2 nitrogen and oxygen atoms in total. The number of rotatable bonds is 4. The van der Waals surface area contributed by atoms with E-state index in [0.717, 1.165) is 13.1 Å². The highest BCUT2D eigenvalue weighted by molar-refractivity contribution is 5.66. The van der Waals surface area contributed by atoms with Crippen molar-refractivity contribution < 1.29 is 0 Å². The van der Waals surface area contributed by atoms with Crippen molar-refractivity contribution in [2.75, 3.05) is 25.0 Å². The van der Waals surface area contributed by atoms with E-state index in [4.69, 9.17) is 0 Å². The Morgan fingerprint density at radius 3 is 2.70 bits per heavy atom. The highest BCUT2D eigenvalue weighted by atomic mass is 15.4. The summed E-state index contributed by atoms with van der Waals surface area (Å²) in [6.45, 7) is 15.4. The fraction of sp³-hybridized carbons (Fsp3) is 0.524. The molecule has 1 aromatic carbocycles. The summed E-state index contributed by atoms with van der Waals surface area (Å²) in [6.07, 6.45) is 6.11. The van der Waals surface area contributed by atoms with E-state index in [-0.39, 0.29) is 10.8 Å². The summed E-state index contributed by atoms with van der Waals surface area (Å²) in [5.74, 6) is 0. The van der Waals surface area contributed by atoms with Crippen molar-refractivity contribution in [3.05, 3.63) is 54.1 Å². The third-order valence-corrected chi connectivity index (χ3v) is 6.06. The Labute approximate surface area is 141 Å². The SMILES string of the molecule is C=CC(C)(C)C12CCN(C)C1N(CC=C(C)C)c1ccccc12. The average molecular weight is 310 g/mol. The lowest BCUT2D eigenvalue weighted by molar-refractivity contribution is 0.161. The third kappa shape index (κ3) is 2.19. The first-order chi connectivity index (χ1) is 10.8. The third-order valence-electron chi connectivity index (χ3n) is 6.06. The smallest absolute Gasteiger partial charge is 0.0929 e. The average Bonchev–Trinajstić information content (AvgIpc) is 3.01. The second kappa shape index (κ2) is 5.52. The van der Waals surface area contributed by atoms with Crippen molar-refractivity contribution >= 4 is 5.69 Å². The zero-order valence-electron chi connectivity index (χ0n) is 15.3. The van der Waals surface area contributed by atoms with Crippen LogP contribution in [0.2, 0.25) is 0 Å². The van der Waals surface area contributed by atoms with Gasteiger partial charge in [0.2, 0.25) is 0 Å².